The molecule has 0 aliphatic heterocycles. The lowest BCUT2D eigenvalue weighted by Gasteiger charge is -2.15. The lowest BCUT2D eigenvalue weighted by molar-refractivity contribution is -0.384. The van der Waals surface area contributed by atoms with Crippen molar-refractivity contribution in [1.82, 2.24) is 15.1 Å². The molecule has 0 saturated carbocycles. The summed E-state index contributed by atoms with van der Waals surface area (Å²) in [6, 6.07) is 12.7. The molecule has 0 fully saturated rings. The van der Waals surface area contributed by atoms with E-state index < -0.39 is 28.4 Å². The molecule has 3 rings (SSSR count). The molecule has 0 aliphatic rings. The van der Waals surface area contributed by atoms with E-state index in [9.17, 15) is 24.5 Å². The van der Waals surface area contributed by atoms with Crippen LogP contribution in [0.4, 0.5) is 5.69 Å². The van der Waals surface area contributed by atoms with Crippen LogP contribution in [0.25, 0.3) is 5.69 Å². The highest BCUT2D eigenvalue weighted by atomic mass is 16.6. The van der Waals surface area contributed by atoms with Crippen molar-refractivity contribution in [2.24, 2.45) is 0 Å². The first kappa shape index (κ1) is 20.5. The number of amides is 1. The third-order valence-electron chi connectivity index (χ3n) is 4.42. The fourth-order valence-electron chi connectivity index (χ4n) is 2.85. The number of ether oxygens (including phenoxy) is 1. The third kappa shape index (κ3) is 4.43. The molecule has 154 valence electrons. The van der Waals surface area contributed by atoms with Crippen LogP contribution in [0.5, 0.6) is 0 Å². The van der Waals surface area contributed by atoms with E-state index in [1.165, 1.54) is 42.3 Å². The predicted molar refractivity (Wildman–Crippen MR) is 106 cm³/mol. The molecule has 3 aromatic rings. The molecular weight excluding hydrogens is 392 g/mol. The standard InChI is InChI=1S/C20H18N4O6/c1-30-20(27)17(22-18(25)13-5-3-2-4-6-13)11-14-12-21-23(19(14)26)15-7-9-16(10-8-15)24(28)29/h2-10,12,17,21H,11H2,1H3,(H,22,25)/t17-/m0/s1. The van der Waals surface area contributed by atoms with Crippen LogP contribution < -0.4 is 10.9 Å². The molecule has 2 N–H and O–H groups in total. The Bertz CT molecular complexity index is 1120. The molecule has 1 aromatic heterocycles. The van der Waals surface area contributed by atoms with Gasteiger partial charge in [-0.15, -0.1) is 0 Å². The van der Waals surface area contributed by atoms with E-state index in [1.54, 1.807) is 30.3 Å². The number of nitrogens with zero attached hydrogens (tertiary/aromatic N) is 2. The van der Waals surface area contributed by atoms with Crippen molar-refractivity contribution in [3.63, 3.8) is 0 Å². The molecule has 10 heteroatoms. The molecule has 2 aromatic carbocycles. The number of nitro groups is 1. The summed E-state index contributed by atoms with van der Waals surface area (Å²) < 4.78 is 5.94. The number of rotatable bonds is 7. The van der Waals surface area contributed by atoms with Crippen LogP contribution in [0.1, 0.15) is 15.9 Å². The second-order valence-electron chi connectivity index (χ2n) is 6.33. The second-order valence-corrected chi connectivity index (χ2v) is 6.33. The van der Waals surface area contributed by atoms with Gasteiger partial charge in [-0.25, -0.2) is 9.48 Å². The van der Waals surface area contributed by atoms with Crippen molar-refractivity contribution < 1.29 is 19.2 Å². The minimum absolute atomic E-state index is 0.0967. The summed E-state index contributed by atoms with van der Waals surface area (Å²) in [5.74, 6) is -1.17. The molecule has 10 nitrogen and oxygen atoms in total. The van der Waals surface area contributed by atoms with Crippen molar-refractivity contribution in [3.05, 3.63) is 92.4 Å². The molecular formula is C20H18N4O6. The number of benzene rings is 2. The van der Waals surface area contributed by atoms with Gasteiger partial charge in [0.25, 0.3) is 17.2 Å². The lowest BCUT2D eigenvalue weighted by atomic mass is 10.1. The Labute approximate surface area is 170 Å². The first-order valence-electron chi connectivity index (χ1n) is 8.88. The van der Waals surface area contributed by atoms with Gasteiger partial charge in [0, 0.05) is 35.9 Å². The van der Waals surface area contributed by atoms with Crippen LogP contribution in [-0.2, 0) is 16.0 Å². The highest BCUT2D eigenvalue weighted by molar-refractivity contribution is 5.96. The molecule has 30 heavy (non-hydrogen) atoms. The number of methoxy groups -OCH3 is 1. The van der Waals surface area contributed by atoms with E-state index in [1.807, 2.05) is 0 Å². The lowest BCUT2D eigenvalue weighted by Crippen LogP contribution is -2.43. The number of non-ortho nitro benzene ring substituents is 1. The van der Waals surface area contributed by atoms with Crippen LogP contribution in [0.3, 0.4) is 0 Å². The normalized spacial score (nSPS) is 11.5. The Hall–Kier alpha value is -4.21. The number of hydrogen-bond acceptors (Lipinski definition) is 6. The van der Waals surface area contributed by atoms with E-state index in [4.69, 9.17) is 4.74 Å². The number of nitrogens with one attached hydrogen (secondary N) is 2. The third-order valence-corrected chi connectivity index (χ3v) is 4.42. The van der Waals surface area contributed by atoms with Crippen molar-refractivity contribution in [2.45, 2.75) is 12.5 Å². The summed E-state index contributed by atoms with van der Waals surface area (Å²) in [5, 5.41) is 16.1. The molecule has 1 amide bonds. The fourth-order valence-corrected chi connectivity index (χ4v) is 2.85. The van der Waals surface area contributed by atoms with E-state index >= 15 is 0 Å². The maximum absolute atomic E-state index is 12.7. The zero-order valence-electron chi connectivity index (χ0n) is 15.9. The van der Waals surface area contributed by atoms with Gasteiger partial charge in [0.05, 0.1) is 17.7 Å². The Morgan fingerprint density at radius 3 is 2.43 bits per heavy atom. The van der Waals surface area contributed by atoms with Gasteiger partial charge in [-0.05, 0) is 24.3 Å². The Balaban J connectivity index is 1.82. The zero-order chi connectivity index (χ0) is 21.7. The number of esters is 1. The minimum atomic E-state index is -1.07. The Morgan fingerprint density at radius 1 is 1.17 bits per heavy atom. The first-order chi connectivity index (χ1) is 14.4. The largest absolute Gasteiger partial charge is 0.467 e. The summed E-state index contributed by atoms with van der Waals surface area (Å²) in [6.45, 7) is 0. The van der Waals surface area contributed by atoms with Crippen molar-refractivity contribution in [3.8, 4) is 5.69 Å². The summed E-state index contributed by atoms with van der Waals surface area (Å²) in [5.41, 5.74) is 0.431. The van der Waals surface area contributed by atoms with Crippen molar-refractivity contribution >= 4 is 17.6 Å². The van der Waals surface area contributed by atoms with Gasteiger partial charge in [-0.3, -0.25) is 24.8 Å². The quantitative estimate of drug-likeness (QED) is 0.345. The molecule has 0 aliphatic carbocycles. The number of hydrogen-bond donors (Lipinski definition) is 2. The van der Waals surface area contributed by atoms with E-state index in [-0.39, 0.29) is 17.7 Å². The highest BCUT2D eigenvalue weighted by Crippen LogP contribution is 2.14. The first-order valence-corrected chi connectivity index (χ1v) is 8.88. The number of carbonyl (C=O) groups is 2. The van der Waals surface area contributed by atoms with Gasteiger partial charge in [-0.1, -0.05) is 18.2 Å². The summed E-state index contributed by atoms with van der Waals surface area (Å²) in [7, 11) is 1.19. The smallest absolute Gasteiger partial charge is 0.328 e. The molecule has 0 bridgehead atoms. The number of H-pyrrole nitrogens is 1. The SMILES string of the molecule is COC(=O)[C@H](Cc1c[nH]n(-c2ccc([N+](=O)[O-])cc2)c1=O)NC(=O)c1ccccc1. The van der Waals surface area contributed by atoms with Gasteiger partial charge >= 0.3 is 5.97 Å². The Kier molecular flexibility index (Phi) is 6.06. The fraction of sp³-hybridized carbons (Fsp3) is 0.150. The van der Waals surface area contributed by atoms with Crippen molar-refractivity contribution in [1.29, 1.82) is 0 Å². The number of carbonyl (C=O) groups excluding carboxylic acids is 2. The molecule has 1 atom stereocenters. The minimum Gasteiger partial charge on any atom is -0.467 e. The van der Waals surface area contributed by atoms with Crippen LogP contribution in [0, 0.1) is 10.1 Å². The van der Waals surface area contributed by atoms with Crippen LogP contribution in [0.2, 0.25) is 0 Å². The molecule has 0 unspecified atom stereocenters. The Morgan fingerprint density at radius 2 is 1.83 bits per heavy atom. The van der Waals surface area contributed by atoms with E-state index in [0.717, 1.165) is 0 Å². The molecule has 1 heterocycles. The second kappa shape index (κ2) is 8.86. The summed E-state index contributed by atoms with van der Waals surface area (Å²) >= 11 is 0. The molecule has 0 spiro atoms. The number of aromatic amines is 1. The highest BCUT2D eigenvalue weighted by Gasteiger charge is 2.25. The maximum Gasteiger partial charge on any atom is 0.328 e. The van der Waals surface area contributed by atoms with Crippen LogP contribution >= 0.6 is 0 Å². The summed E-state index contributed by atoms with van der Waals surface area (Å²) in [6.07, 6.45) is 1.31. The zero-order valence-corrected chi connectivity index (χ0v) is 15.9. The van der Waals surface area contributed by atoms with Crippen LogP contribution in [0.15, 0.2) is 65.6 Å². The number of aromatic nitrogens is 2. The maximum atomic E-state index is 12.7. The van der Waals surface area contributed by atoms with Gasteiger partial charge in [0.15, 0.2) is 0 Å². The topological polar surface area (TPSA) is 136 Å². The van der Waals surface area contributed by atoms with Gasteiger partial charge < -0.3 is 10.1 Å². The van der Waals surface area contributed by atoms with E-state index in [2.05, 4.69) is 10.4 Å². The average molecular weight is 410 g/mol. The average Bonchev–Trinajstić information content (AvgIpc) is 3.13. The van der Waals surface area contributed by atoms with Crippen LogP contribution in [-0.4, -0.2) is 39.7 Å². The molecule has 0 radical (unpaired) electrons. The monoisotopic (exact) mass is 410 g/mol. The van der Waals surface area contributed by atoms with Gasteiger partial charge in [0.2, 0.25) is 0 Å². The molecule has 0 saturated heterocycles. The van der Waals surface area contributed by atoms with Crippen molar-refractivity contribution in [2.75, 3.05) is 7.11 Å². The predicted octanol–water partition coefficient (Wildman–Crippen LogP) is 1.59. The van der Waals surface area contributed by atoms with E-state index in [0.29, 0.717) is 11.3 Å². The van der Waals surface area contributed by atoms with Gasteiger partial charge in [-0.2, -0.15) is 0 Å². The summed E-state index contributed by atoms with van der Waals surface area (Å²) in [4.78, 5) is 47.5. The number of nitro benzene ring substituents is 1. The van der Waals surface area contributed by atoms with Gasteiger partial charge in [0.1, 0.15) is 6.04 Å².